The van der Waals surface area contributed by atoms with Crippen LogP contribution in [0.4, 0.5) is 0 Å². The van der Waals surface area contributed by atoms with Gasteiger partial charge in [-0.2, -0.15) is 0 Å². The molecule has 0 amide bonds. The molecular weight excluding hydrogens is 476 g/mol. The third-order valence-electron chi connectivity index (χ3n) is 6.11. The first kappa shape index (κ1) is 23.4. The second-order valence-electron chi connectivity index (χ2n) is 8.44. The van der Waals surface area contributed by atoms with Gasteiger partial charge in [-0.1, -0.05) is 71.9 Å². The number of nitrogens with zero attached hydrogens (tertiary/aromatic N) is 4. The Bertz CT molecular complexity index is 1620. The number of hydrogen-bond acceptors (Lipinski definition) is 5. The van der Waals surface area contributed by atoms with Crippen molar-refractivity contribution < 1.29 is 8.42 Å². The average molecular weight is 503 g/mol. The van der Waals surface area contributed by atoms with E-state index in [9.17, 15) is 8.42 Å². The zero-order valence-corrected chi connectivity index (χ0v) is 21.5. The number of rotatable bonds is 7. The number of aryl methyl sites for hydroxylation is 2. The summed E-state index contributed by atoms with van der Waals surface area (Å²) in [6.45, 7) is 6.93. The van der Waals surface area contributed by atoms with Crippen molar-refractivity contribution in [1.29, 1.82) is 0 Å². The van der Waals surface area contributed by atoms with E-state index in [1.165, 1.54) is 20.7 Å². The number of thioether (sulfide) groups is 1. The van der Waals surface area contributed by atoms with Crippen LogP contribution >= 0.6 is 11.8 Å². The van der Waals surface area contributed by atoms with Crippen molar-refractivity contribution in [3.63, 3.8) is 0 Å². The Hall–Kier alpha value is -3.36. The smallest absolute Gasteiger partial charge is 0.268 e. The summed E-state index contributed by atoms with van der Waals surface area (Å²) in [5.74, 6) is 1.45. The van der Waals surface area contributed by atoms with E-state index < -0.39 is 10.0 Å². The molecule has 3 aromatic carbocycles. The van der Waals surface area contributed by atoms with Gasteiger partial charge in [-0.15, -0.1) is 10.2 Å². The normalized spacial score (nSPS) is 11.9. The van der Waals surface area contributed by atoms with E-state index in [2.05, 4.69) is 53.7 Å². The maximum Gasteiger partial charge on any atom is 0.268 e. The van der Waals surface area contributed by atoms with Gasteiger partial charge < -0.3 is 4.57 Å². The van der Waals surface area contributed by atoms with E-state index in [1.54, 1.807) is 48.3 Å². The lowest BCUT2D eigenvalue weighted by atomic mass is 10.1. The predicted octanol–water partition coefficient (Wildman–Crippen LogP) is 6.07. The third kappa shape index (κ3) is 4.28. The van der Waals surface area contributed by atoms with E-state index >= 15 is 0 Å². The lowest BCUT2D eigenvalue weighted by molar-refractivity contribution is 0.589. The van der Waals surface area contributed by atoms with Gasteiger partial charge in [-0.05, 0) is 50.1 Å². The lowest BCUT2D eigenvalue weighted by Gasteiger charge is -2.09. The minimum absolute atomic E-state index is 0.244. The number of benzene rings is 3. The van der Waals surface area contributed by atoms with Gasteiger partial charge >= 0.3 is 0 Å². The highest BCUT2D eigenvalue weighted by Gasteiger charge is 2.24. The molecule has 5 rings (SSSR count). The molecular formula is C27H26N4O2S2. The summed E-state index contributed by atoms with van der Waals surface area (Å²) in [4.78, 5) is 0.244. The predicted molar refractivity (Wildman–Crippen MR) is 141 cm³/mol. The molecule has 0 bridgehead atoms. The molecule has 2 heterocycles. The maximum absolute atomic E-state index is 13.5. The molecule has 0 aliphatic heterocycles. The van der Waals surface area contributed by atoms with E-state index in [4.69, 9.17) is 0 Å². The molecule has 0 radical (unpaired) electrons. The van der Waals surface area contributed by atoms with E-state index in [0.717, 1.165) is 21.9 Å². The van der Waals surface area contributed by atoms with Gasteiger partial charge in [-0.25, -0.2) is 12.4 Å². The van der Waals surface area contributed by atoms with Crippen molar-refractivity contribution in [1.82, 2.24) is 18.7 Å². The molecule has 0 saturated carbocycles. The Morgan fingerprint density at radius 2 is 1.66 bits per heavy atom. The molecule has 0 saturated heterocycles. The SMILES string of the molecule is CCn1c(SCc2cc(C)ccc2C)nnc1-c1cn(S(=O)(=O)c2ccccc2)c2ccccc12. The Kier molecular flexibility index (Phi) is 6.25. The lowest BCUT2D eigenvalue weighted by Crippen LogP contribution is -2.11. The minimum Gasteiger partial charge on any atom is -0.302 e. The zero-order valence-electron chi connectivity index (χ0n) is 19.8. The molecule has 0 aliphatic carbocycles. The van der Waals surface area contributed by atoms with E-state index in [0.29, 0.717) is 17.9 Å². The maximum atomic E-state index is 13.5. The molecule has 0 spiro atoms. The first-order valence-electron chi connectivity index (χ1n) is 11.4. The van der Waals surface area contributed by atoms with Gasteiger partial charge in [0.05, 0.1) is 10.4 Å². The molecule has 2 aromatic heterocycles. The topological polar surface area (TPSA) is 69.8 Å². The standard InChI is InChI=1S/C27H26N4O2S2/c1-4-30-26(28-29-27(30)34-18-21-16-19(2)14-15-20(21)3)24-17-31(25-13-9-8-12-23(24)25)35(32,33)22-10-6-5-7-11-22/h5-17H,4,18H2,1-3H3. The summed E-state index contributed by atoms with van der Waals surface area (Å²) in [6, 6.07) is 22.5. The quantitative estimate of drug-likeness (QED) is 0.253. The Morgan fingerprint density at radius 3 is 2.43 bits per heavy atom. The highest BCUT2D eigenvalue weighted by Crippen LogP contribution is 2.34. The monoisotopic (exact) mass is 502 g/mol. The molecule has 178 valence electrons. The van der Waals surface area contributed by atoms with Gasteiger partial charge in [0.25, 0.3) is 10.0 Å². The summed E-state index contributed by atoms with van der Waals surface area (Å²) in [6.07, 6.45) is 1.67. The molecule has 0 fully saturated rings. The first-order valence-corrected chi connectivity index (χ1v) is 13.9. The van der Waals surface area contributed by atoms with Crippen molar-refractivity contribution in [2.24, 2.45) is 0 Å². The van der Waals surface area contributed by atoms with Crippen LogP contribution in [0.5, 0.6) is 0 Å². The van der Waals surface area contributed by atoms with Crippen LogP contribution in [0.25, 0.3) is 22.3 Å². The molecule has 0 atom stereocenters. The van der Waals surface area contributed by atoms with E-state index in [-0.39, 0.29) is 4.90 Å². The fourth-order valence-corrected chi connectivity index (χ4v) is 6.67. The largest absolute Gasteiger partial charge is 0.302 e. The minimum atomic E-state index is -3.77. The highest BCUT2D eigenvalue weighted by atomic mass is 32.2. The molecule has 8 heteroatoms. The van der Waals surface area contributed by atoms with Gasteiger partial charge in [-0.3, -0.25) is 0 Å². The first-order chi connectivity index (χ1) is 16.9. The van der Waals surface area contributed by atoms with Crippen molar-refractivity contribution in [2.45, 2.75) is 43.1 Å². The molecule has 6 nitrogen and oxygen atoms in total. The Morgan fingerprint density at radius 1 is 0.914 bits per heavy atom. The van der Waals surface area contributed by atoms with Crippen LogP contribution in [0, 0.1) is 13.8 Å². The third-order valence-corrected chi connectivity index (χ3v) is 8.82. The van der Waals surface area contributed by atoms with Crippen molar-refractivity contribution in [3.05, 3.63) is 95.7 Å². The van der Waals surface area contributed by atoms with Crippen LogP contribution in [0.1, 0.15) is 23.6 Å². The second-order valence-corrected chi connectivity index (χ2v) is 11.2. The van der Waals surface area contributed by atoms with Crippen LogP contribution in [0.15, 0.2) is 89.0 Å². The fourth-order valence-electron chi connectivity index (χ4n) is 4.21. The van der Waals surface area contributed by atoms with Crippen LogP contribution in [-0.2, 0) is 22.3 Å². The second kappa shape index (κ2) is 9.36. The molecule has 0 aliphatic rings. The van der Waals surface area contributed by atoms with Gasteiger partial charge in [0.1, 0.15) is 0 Å². The van der Waals surface area contributed by atoms with Crippen LogP contribution in [-0.4, -0.2) is 27.2 Å². The highest BCUT2D eigenvalue weighted by molar-refractivity contribution is 7.98. The van der Waals surface area contributed by atoms with Crippen LogP contribution in [0.3, 0.4) is 0 Å². The summed E-state index contributed by atoms with van der Waals surface area (Å²) < 4.78 is 30.4. The van der Waals surface area contributed by atoms with Crippen molar-refractivity contribution in [3.8, 4) is 11.4 Å². The molecule has 5 aromatic rings. The molecule has 0 unspecified atom stereocenters. The zero-order chi connectivity index (χ0) is 24.6. The van der Waals surface area contributed by atoms with E-state index in [1.807, 2.05) is 24.3 Å². The van der Waals surface area contributed by atoms with Gasteiger partial charge in [0.2, 0.25) is 0 Å². The average Bonchev–Trinajstić information content (AvgIpc) is 3.46. The van der Waals surface area contributed by atoms with Crippen LogP contribution in [0.2, 0.25) is 0 Å². The summed E-state index contributed by atoms with van der Waals surface area (Å²) >= 11 is 1.64. The van der Waals surface area contributed by atoms with Crippen molar-refractivity contribution >= 4 is 32.7 Å². The van der Waals surface area contributed by atoms with Gasteiger partial charge in [0.15, 0.2) is 11.0 Å². The van der Waals surface area contributed by atoms with Crippen molar-refractivity contribution in [2.75, 3.05) is 0 Å². The summed E-state index contributed by atoms with van der Waals surface area (Å²) in [7, 11) is -3.77. The molecule has 35 heavy (non-hydrogen) atoms. The fraction of sp³-hybridized carbons (Fsp3) is 0.185. The Balaban J connectivity index is 1.58. The number of hydrogen-bond donors (Lipinski definition) is 0. The number of aromatic nitrogens is 4. The molecule has 0 N–H and O–H groups in total. The summed E-state index contributed by atoms with van der Waals surface area (Å²) in [5.41, 5.74) is 5.11. The van der Waals surface area contributed by atoms with Gasteiger partial charge in [0, 0.05) is 29.4 Å². The number of para-hydroxylation sites is 1. The number of fused-ring (bicyclic) bond motifs is 1. The Labute approximate surface area is 209 Å². The van der Waals surface area contributed by atoms with Crippen LogP contribution < -0.4 is 0 Å². The summed E-state index contributed by atoms with van der Waals surface area (Å²) in [5, 5.41) is 10.6.